The molecule has 20 heavy (non-hydrogen) atoms. The van der Waals surface area contributed by atoms with Gasteiger partial charge in [0.2, 0.25) is 0 Å². The molecule has 0 spiro atoms. The van der Waals surface area contributed by atoms with Crippen molar-refractivity contribution in [2.45, 2.75) is 13.3 Å². The number of rotatable bonds is 3. The van der Waals surface area contributed by atoms with Crippen molar-refractivity contribution in [1.29, 1.82) is 0 Å². The number of carboxylic acids is 1. The van der Waals surface area contributed by atoms with E-state index < -0.39 is 5.97 Å². The van der Waals surface area contributed by atoms with E-state index in [4.69, 9.17) is 10.8 Å². The van der Waals surface area contributed by atoms with E-state index in [0.29, 0.717) is 36.8 Å². The Morgan fingerprint density at radius 3 is 2.85 bits per heavy atom. The number of nitrogens with zero attached hydrogens (tertiary/aromatic N) is 1. The summed E-state index contributed by atoms with van der Waals surface area (Å²) in [4.78, 5) is 24.9. The number of hydrogen-bond donors (Lipinski definition) is 3. The Morgan fingerprint density at radius 1 is 1.50 bits per heavy atom. The molecule has 0 saturated carbocycles. The van der Waals surface area contributed by atoms with Crippen molar-refractivity contribution in [2.24, 2.45) is 11.7 Å². The molecule has 1 aromatic rings. The highest BCUT2D eigenvalue weighted by atomic mass is 16.4. The van der Waals surface area contributed by atoms with Crippen LogP contribution in [0, 0.1) is 12.8 Å². The Kier molecular flexibility index (Phi) is 4.24. The lowest BCUT2D eigenvalue weighted by Gasteiger charge is -2.18. The third-order valence-electron chi connectivity index (χ3n) is 3.71. The van der Waals surface area contributed by atoms with Crippen LogP contribution in [0.5, 0.6) is 0 Å². The van der Waals surface area contributed by atoms with Crippen molar-refractivity contribution in [3.8, 4) is 0 Å². The SMILES string of the molecule is Cc1c(NC(=O)N2CCC(CN)C2)cccc1C(=O)O. The Morgan fingerprint density at radius 2 is 2.25 bits per heavy atom. The number of aromatic carboxylic acids is 1. The zero-order valence-corrected chi connectivity index (χ0v) is 11.4. The molecule has 108 valence electrons. The molecule has 2 rings (SSSR count). The predicted octanol–water partition coefficient (Wildman–Crippen LogP) is 1.51. The highest BCUT2D eigenvalue weighted by molar-refractivity contribution is 5.95. The van der Waals surface area contributed by atoms with Gasteiger partial charge in [0.15, 0.2) is 0 Å². The predicted molar refractivity (Wildman–Crippen MR) is 75.9 cm³/mol. The van der Waals surface area contributed by atoms with Crippen molar-refractivity contribution in [1.82, 2.24) is 4.90 Å². The molecule has 1 atom stereocenters. The van der Waals surface area contributed by atoms with Crippen LogP contribution in [0.4, 0.5) is 10.5 Å². The first-order valence-corrected chi connectivity index (χ1v) is 6.61. The van der Waals surface area contributed by atoms with E-state index in [9.17, 15) is 9.59 Å². The molecule has 6 nitrogen and oxygen atoms in total. The molecule has 2 amide bonds. The molecule has 4 N–H and O–H groups in total. The van der Waals surface area contributed by atoms with Crippen LogP contribution in [0.25, 0.3) is 0 Å². The van der Waals surface area contributed by atoms with Gasteiger partial charge in [-0.3, -0.25) is 0 Å². The maximum Gasteiger partial charge on any atom is 0.336 e. The number of benzene rings is 1. The van der Waals surface area contributed by atoms with Gasteiger partial charge < -0.3 is 21.1 Å². The van der Waals surface area contributed by atoms with Crippen LogP contribution in [0.15, 0.2) is 18.2 Å². The normalized spacial score (nSPS) is 18.1. The average Bonchev–Trinajstić information content (AvgIpc) is 2.89. The molecule has 0 aliphatic carbocycles. The van der Waals surface area contributed by atoms with Crippen LogP contribution in [0.1, 0.15) is 22.3 Å². The molecule has 0 bridgehead atoms. The van der Waals surface area contributed by atoms with Crippen molar-refractivity contribution >= 4 is 17.7 Å². The number of likely N-dealkylation sites (tertiary alicyclic amines) is 1. The van der Waals surface area contributed by atoms with Crippen molar-refractivity contribution in [3.63, 3.8) is 0 Å². The molecule has 1 aliphatic rings. The molecule has 1 unspecified atom stereocenters. The monoisotopic (exact) mass is 277 g/mol. The first kappa shape index (κ1) is 14.3. The summed E-state index contributed by atoms with van der Waals surface area (Å²) >= 11 is 0. The van der Waals surface area contributed by atoms with Gasteiger partial charge in [0, 0.05) is 18.8 Å². The number of carbonyl (C=O) groups is 2. The molecule has 0 radical (unpaired) electrons. The van der Waals surface area contributed by atoms with E-state index in [1.807, 2.05) is 0 Å². The van der Waals surface area contributed by atoms with Crippen molar-refractivity contribution in [2.75, 3.05) is 25.0 Å². The molecule has 1 fully saturated rings. The van der Waals surface area contributed by atoms with Gasteiger partial charge in [-0.15, -0.1) is 0 Å². The second kappa shape index (κ2) is 5.92. The third-order valence-corrected chi connectivity index (χ3v) is 3.71. The largest absolute Gasteiger partial charge is 0.478 e. The number of nitrogens with one attached hydrogen (secondary N) is 1. The lowest BCUT2D eigenvalue weighted by atomic mass is 10.1. The average molecular weight is 277 g/mol. The standard InChI is InChI=1S/C14H19N3O3/c1-9-11(13(18)19)3-2-4-12(9)16-14(20)17-6-5-10(7-15)8-17/h2-4,10H,5-8,15H2,1H3,(H,16,20)(H,18,19). The van der Waals surface area contributed by atoms with Crippen LogP contribution in [-0.4, -0.2) is 41.6 Å². The Balaban J connectivity index is 2.09. The number of urea groups is 1. The molecular formula is C14H19N3O3. The summed E-state index contributed by atoms with van der Waals surface area (Å²) in [5.41, 5.74) is 6.89. The zero-order valence-electron chi connectivity index (χ0n) is 11.4. The van der Waals surface area contributed by atoms with Crippen LogP contribution in [-0.2, 0) is 0 Å². The molecule has 1 heterocycles. The number of anilines is 1. The highest BCUT2D eigenvalue weighted by Gasteiger charge is 2.25. The minimum absolute atomic E-state index is 0.198. The van der Waals surface area contributed by atoms with Gasteiger partial charge in [0.1, 0.15) is 0 Å². The number of amides is 2. The highest BCUT2D eigenvalue weighted by Crippen LogP contribution is 2.21. The number of hydrogen-bond acceptors (Lipinski definition) is 3. The fraction of sp³-hybridized carbons (Fsp3) is 0.429. The number of carboxylic acid groups (broad SMARTS) is 1. The number of carbonyl (C=O) groups excluding carboxylic acids is 1. The maximum atomic E-state index is 12.1. The van der Waals surface area contributed by atoms with E-state index >= 15 is 0 Å². The van der Waals surface area contributed by atoms with Crippen LogP contribution in [0.2, 0.25) is 0 Å². The van der Waals surface area contributed by atoms with E-state index in [-0.39, 0.29) is 11.6 Å². The topological polar surface area (TPSA) is 95.7 Å². The Hall–Kier alpha value is -2.08. The summed E-state index contributed by atoms with van der Waals surface area (Å²) in [5, 5.41) is 11.8. The van der Waals surface area contributed by atoms with Gasteiger partial charge >= 0.3 is 12.0 Å². The Bertz CT molecular complexity index is 530. The quantitative estimate of drug-likeness (QED) is 0.780. The first-order chi connectivity index (χ1) is 9.52. The molecule has 0 aromatic heterocycles. The molecule has 6 heteroatoms. The minimum atomic E-state index is -0.997. The molecule has 1 saturated heterocycles. The minimum Gasteiger partial charge on any atom is -0.478 e. The van der Waals surface area contributed by atoms with Crippen LogP contribution >= 0.6 is 0 Å². The van der Waals surface area contributed by atoms with Crippen LogP contribution < -0.4 is 11.1 Å². The fourth-order valence-electron chi connectivity index (χ4n) is 2.41. The summed E-state index contributed by atoms with van der Waals surface area (Å²) < 4.78 is 0. The molecule has 1 aromatic carbocycles. The second-order valence-electron chi connectivity index (χ2n) is 5.05. The lowest BCUT2D eigenvalue weighted by Crippen LogP contribution is -2.34. The zero-order chi connectivity index (χ0) is 14.7. The molecule has 1 aliphatic heterocycles. The van der Waals surface area contributed by atoms with E-state index in [2.05, 4.69) is 5.32 Å². The van der Waals surface area contributed by atoms with Gasteiger partial charge in [-0.25, -0.2) is 9.59 Å². The third kappa shape index (κ3) is 2.91. The van der Waals surface area contributed by atoms with E-state index in [1.54, 1.807) is 24.0 Å². The summed E-state index contributed by atoms with van der Waals surface area (Å²) in [6, 6.07) is 4.65. The van der Waals surface area contributed by atoms with Gasteiger partial charge in [-0.1, -0.05) is 6.07 Å². The summed E-state index contributed by atoms with van der Waals surface area (Å²) in [6.45, 7) is 3.61. The maximum absolute atomic E-state index is 12.1. The first-order valence-electron chi connectivity index (χ1n) is 6.61. The van der Waals surface area contributed by atoms with Crippen molar-refractivity contribution < 1.29 is 14.7 Å². The van der Waals surface area contributed by atoms with Crippen LogP contribution in [0.3, 0.4) is 0 Å². The number of nitrogens with two attached hydrogens (primary N) is 1. The second-order valence-corrected chi connectivity index (χ2v) is 5.05. The van der Waals surface area contributed by atoms with Gasteiger partial charge in [0.25, 0.3) is 0 Å². The molecular weight excluding hydrogens is 258 g/mol. The van der Waals surface area contributed by atoms with E-state index in [1.165, 1.54) is 6.07 Å². The lowest BCUT2D eigenvalue weighted by molar-refractivity contribution is 0.0696. The Labute approximate surface area is 117 Å². The smallest absolute Gasteiger partial charge is 0.336 e. The van der Waals surface area contributed by atoms with Gasteiger partial charge in [-0.2, -0.15) is 0 Å². The summed E-state index contributed by atoms with van der Waals surface area (Å²) in [6.07, 6.45) is 0.915. The fourth-order valence-corrected chi connectivity index (χ4v) is 2.41. The van der Waals surface area contributed by atoms with Crippen molar-refractivity contribution in [3.05, 3.63) is 29.3 Å². The van der Waals surface area contributed by atoms with Gasteiger partial charge in [-0.05, 0) is 43.5 Å². The van der Waals surface area contributed by atoms with E-state index in [0.717, 1.165) is 6.42 Å². The van der Waals surface area contributed by atoms with Gasteiger partial charge in [0.05, 0.1) is 5.56 Å². The summed E-state index contributed by atoms with van der Waals surface area (Å²) in [5.74, 6) is -0.643. The summed E-state index contributed by atoms with van der Waals surface area (Å²) in [7, 11) is 0.